The smallest absolute Gasteiger partial charge is 0.383 e. The van der Waals surface area contributed by atoms with E-state index in [9.17, 15) is 40.3 Å². The Bertz CT molecular complexity index is 3010. The molecule has 0 radical (unpaired) electrons. The number of fused-ring (bicyclic) bond motifs is 2. The molecular weight excluding hydrogens is 959 g/mol. The van der Waals surface area contributed by atoms with Gasteiger partial charge in [0.1, 0.15) is 29.5 Å². The van der Waals surface area contributed by atoms with Crippen LogP contribution in [0.3, 0.4) is 0 Å². The maximum Gasteiger partial charge on any atom is 0.390 e. The summed E-state index contributed by atoms with van der Waals surface area (Å²) in [7, 11) is 0. The van der Waals surface area contributed by atoms with Gasteiger partial charge in [0.2, 0.25) is 0 Å². The molecule has 356 valence electrons. The van der Waals surface area contributed by atoms with Crippen molar-refractivity contribution in [1.82, 2.24) is 29.7 Å². The average molecular weight is 1010 g/mol. The molecule has 5 aromatic carbocycles. The largest absolute Gasteiger partial charge is 0.390 e. The van der Waals surface area contributed by atoms with Gasteiger partial charge in [-0.15, -0.1) is 0 Å². The molecule has 7 aromatic rings. The van der Waals surface area contributed by atoms with Gasteiger partial charge in [-0.25, -0.2) is 14.4 Å². The molecule has 5 N–H and O–H groups in total. The number of rotatable bonds is 14. The van der Waals surface area contributed by atoms with Gasteiger partial charge in [0.05, 0.1) is 35.2 Å². The van der Waals surface area contributed by atoms with E-state index in [2.05, 4.69) is 52.5 Å². The lowest BCUT2D eigenvalue weighted by molar-refractivity contribution is -0.132. The van der Waals surface area contributed by atoms with Crippen LogP contribution >= 0.6 is 15.9 Å². The fourth-order valence-electron chi connectivity index (χ4n) is 7.60. The van der Waals surface area contributed by atoms with Crippen LogP contribution in [0.4, 0.5) is 53.5 Å². The summed E-state index contributed by atoms with van der Waals surface area (Å²) in [5, 5.41) is 14.8. The van der Waals surface area contributed by atoms with Crippen LogP contribution in [0.1, 0.15) is 75.9 Å². The van der Waals surface area contributed by atoms with Crippen molar-refractivity contribution < 1.29 is 40.3 Å². The van der Waals surface area contributed by atoms with E-state index in [4.69, 9.17) is 0 Å². The summed E-state index contributed by atoms with van der Waals surface area (Å²) in [5.41, 5.74) is 9.69. The number of carbonyl (C=O) groups excluding carboxylic acids is 2. The molecule has 68 heavy (non-hydrogen) atoms. The van der Waals surface area contributed by atoms with E-state index in [1.54, 1.807) is 43.0 Å². The van der Waals surface area contributed by atoms with Gasteiger partial charge in [-0.2, -0.15) is 26.3 Å². The van der Waals surface area contributed by atoms with Gasteiger partial charge in [0, 0.05) is 63.5 Å². The number of anilines is 4. The van der Waals surface area contributed by atoms with Gasteiger partial charge >= 0.3 is 12.4 Å². The van der Waals surface area contributed by atoms with Crippen molar-refractivity contribution in [3.8, 4) is 11.4 Å². The summed E-state index contributed by atoms with van der Waals surface area (Å²) >= 11 is 3.42. The third-order valence-electron chi connectivity index (χ3n) is 11.5. The molecule has 0 saturated heterocycles. The van der Waals surface area contributed by atoms with E-state index in [-0.39, 0.29) is 37.0 Å². The summed E-state index contributed by atoms with van der Waals surface area (Å²) in [5.74, 6) is -0.592. The zero-order valence-electron chi connectivity index (χ0n) is 37.1. The number of nitrogens with zero attached hydrogens (tertiary/aromatic N) is 4. The Hall–Kier alpha value is -6.63. The van der Waals surface area contributed by atoms with Crippen LogP contribution in [0.15, 0.2) is 96.0 Å². The second-order valence-electron chi connectivity index (χ2n) is 17.1. The summed E-state index contributed by atoms with van der Waals surface area (Å²) in [6.07, 6.45) is -3.18. The molecule has 0 atom stereocenters. The second kappa shape index (κ2) is 19.5. The highest BCUT2D eigenvalue weighted by atomic mass is 79.9. The van der Waals surface area contributed by atoms with E-state index in [0.717, 1.165) is 63.7 Å². The van der Waals surface area contributed by atoms with Crippen LogP contribution in [0.2, 0.25) is 0 Å². The molecule has 0 spiro atoms. The predicted octanol–water partition coefficient (Wildman–Crippen LogP) is 12.1. The SMILES string of the molecule is Cc1cc(-n2cnc3c(NCCC(F)(F)F)cc(Br)cc32)ccc1C(=O)NC1CC1.Cc1ccc(F)cc1Nc1cc(NCCC(F)(F)F)c2ncn(-c3ccc(C(=O)NC4CC4)c(C)c3)c2c1. The number of amides is 2. The summed E-state index contributed by atoms with van der Waals surface area (Å²) in [6, 6.07) is 22.9. The topological polar surface area (TPSA) is 130 Å². The number of hydrogen-bond acceptors (Lipinski definition) is 7. The van der Waals surface area contributed by atoms with Crippen LogP contribution in [0, 0.1) is 26.6 Å². The molecule has 2 fully saturated rings. The Kier molecular flexibility index (Phi) is 13.7. The first-order chi connectivity index (χ1) is 32.3. The van der Waals surface area contributed by atoms with Crippen molar-refractivity contribution in [2.75, 3.05) is 29.0 Å². The minimum atomic E-state index is -4.30. The van der Waals surface area contributed by atoms with Gasteiger partial charge in [0.25, 0.3) is 11.8 Å². The molecule has 9 rings (SSSR count). The summed E-state index contributed by atoms with van der Waals surface area (Å²) in [4.78, 5) is 33.8. The number of benzene rings is 5. The molecular formula is C49H47BrF7N9O2. The van der Waals surface area contributed by atoms with Crippen molar-refractivity contribution in [2.45, 2.75) is 83.7 Å². The van der Waals surface area contributed by atoms with Crippen LogP contribution in [0.5, 0.6) is 0 Å². The standard InChI is InChI=1S/C28H27F4N5O.C21H20BrF3N4O/c1-16-3-4-18(29)12-23(16)35-20-13-24(33-10-9-28(30,31)32)26-25(14-20)37(15-34-26)21-7-8-22(17(2)11-21)27(38)36-19-5-6-19;1-12-8-15(4-5-16(12)20(30)28-14-2-3-14)29-11-27-19-17(9-13(22)10-18(19)29)26-7-6-21(23,24)25/h3-4,7-8,11-15,19,33,35H,5-6,9-10H2,1-2H3,(H,36,38);4-5,8-11,14,26H,2-3,6-7H2,1H3,(H,28,30). The number of hydrogen-bond donors (Lipinski definition) is 5. The normalized spacial score (nSPS) is 13.8. The number of imidazole rings is 2. The number of carbonyl (C=O) groups is 2. The molecule has 2 amide bonds. The molecule has 2 aliphatic rings. The second-order valence-corrected chi connectivity index (χ2v) is 18.0. The van der Waals surface area contributed by atoms with E-state index in [0.29, 0.717) is 50.4 Å². The van der Waals surface area contributed by atoms with Gasteiger partial charge in [0.15, 0.2) is 0 Å². The van der Waals surface area contributed by atoms with Gasteiger partial charge in [-0.05, 0) is 136 Å². The number of aromatic nitrogens is 4. The fourth-order valence-corrected chi connectivity index (χ4v) is 8.05. The molecule has 0 bridgehead atoms. The molecule has 19 heteroatoms. The maximum atomic E-state index is 13.9. The van der Waals surface area contributed by atoms with Crippen molar-refractivity contribution in [1.29, 1.82) is 0 Å². The van der Waals surface area contributed by atoms with E-state index in [1.807, 2.05) is 66.3 Å². The number of halogens is 8. The first-order valence-corrected chi connectivity index (χ1v) is 22.7. The Morgan fingerprint density at radius 1 is 0.618 bits per heavy atom. The van der Waals surface area contributed by atoms with Gasteiger partial charge < -0.3 is 26.6 Å². The molecule has 0 unspecified atom stereocenters. The Labute approximate surface area is 395 Å². The fraction of sp³-hybridized carbons (Fsp3) is 0.306. The Morgan fingerprint density at radius 3 is 1.57 bits per heavy atom. The molecule has 11 nitrogen and oxygen atoms in total. The average Bonchev–Trinajstić information content (AvgIpc) is 4.18. The molecule has 2 aromatic heterocycles. The minimum Gasteiger partial charge on any atom is -0.383 e. The molecule has 2 aliphatic carbocycles. The third kappa shape index (κ3) is 11.9. The Balaban J connectivity index is 0.000000189. The zero-order chi connectivity index (χ0) is 48.5. The number of nitrogens with one attached hydrogen (secondary N) is 5. The third-order valence-corrected chi connectivity index (χ3v) is 11.9. The number of aryl methyl sites for hydroxylation is 3. The lowest BCUT2D eigenvalue weighted by Gasteiger charge is -2.15. The van der Waals surface area contributed by atoms with E-state index >= 15 is 0 Å². The van der Waals surface area contributed by atoms with Crippen molar-refractivity contribution >= 4 is 72.6 Å². The van der Waals surface area contributed by atoms with Crippen LogP contribution in [0.25, 0.3) is 33.4 Å². The predicted molar refractivity (Wildman–Crippen MR) is 253 cm³/mol. The molecule has 2 heterocycles. The van der Waals surface area contributed by atoms with Crippen molar-refractivity contribution in [2.24, 2.45) is 0 Å². The van der Waals surface area contributed by atoms with Gasteiger partial charge in [-0.3, -0.25) is 18.7 Å². The van der Waals surface area contributed by atoms with Crippen molar-refractivity contribution in [3.63, 3.8) is 0 Å². The first kappa shape index (κ1) is 47.8. The zero-order valence-corrected chi connectivity index (χ0v) is 38.7. The monoisotopic (exact) mass is 1010 g/mol. The summed E-state index contributed by atoms with van der Waals surface area (Å²) in [6.45, 7) is 5.01. The lowest BCUT2D eigenvalue weighted by atomic mass is 10.1. The highest BCUT2D eigenvalue weighted by Crippen LogP contribution is 2.34. The van der Waals surface area contributed by atoms with E-state index in [1.165, 1.54) is 12.1 Å². The highest BCUT2D eigenvalue weighted by Gasteiger charge is 2.29. The molecule has 0 aliphatic heterocycles. The van der Waals surface area contributed by atoms with Crippen LogP contribution in [-0.4, -0.2) is 68.4 Å². The van der Waals surface area contributed by atoms with Crippen LogP contribution in [-0.2, 0) is 0 Å². The maximum absolute atomic E-state index is 13.9. The summed E-state index contributed by atoms with van der Waals surface area (Å²) < 4.78 is 94.2. The Morgan fingerprint density at radius 2 is 1.10 bits per heavy atom. The van der Waals surface area contributed by atoms with Crippen molar-refractivity contribution in [3.05, 3.63) is 130 Å². The van der Waals surface area contributed by atoms with E-state index < -0.39 is 31.0 Å². The minimum absolute atomic E-state index is 0.0732. The van der Waals surface area contributed by atoms with Crippen LogP contribution < -0.4 is 26.6 Å². The number of alkyl halides is 6. The first-order valence-electron chi connectivity index (χ1n) is 21.9. The molecule has 2 saturated carbocycles. The lowest BCUT2D eigenvalue weighted by Crippen LogP contribution is -2.26. The quantitative estimate of drug-likeness (QED) is 0.0686. The van der Waals surface area contributed by atoms with Gasteiger partial charge in [-0.1, -0.05) is 22.0 Å². The highest BCUT2D eigenvalue weighted by molar-refractivity contribution is 9.10.